The van der Waals surface area contributed by atoms with Crippen LogP contribution in [0.25, 0.3) is 11.4 Å². The third kappa shape index (κ3) is 3.22. The lowest BCUT2D eigenvalue weighted by Gasteiger charge is -2.07. The summed E-state index contributed by atoms with van der Waals surface area (Å²) < 4.78 is 7.29. The van der Waals surface area contributed by atoms with Gasteiger partial charge in [0.15, 0.2) is 11.0 Å². The Morgan fingerprint density at radius 2 is 2.00 bits per heavy atom. The number of hydrogen-bond acceptors (Lipinski definition) is 5. The quantitative estimate of drug-likeness (QED) is 0.505. The summed E-state index contributed by atoms with van der Waals surface area (Å²) in [6.07, 6.45) is 1.86. The van der Waals surface area contributed by atoms with Crippen LogP contribution in [-0.4, -0.2) is 19.9 Å². The highest BCUT2D eigenvalue weighted by Crippen LogP contribution is 2.28. The molecule has 0 amide bonds. The van der Waals surface area contributed by atoms with Gasteiger partial charge in [0.2, 0.25) is 0 Å². The number of aromatic nitrogens is 4. The highest BCUT2D eigenvalue weighted by molar-refractivity contribution is 7.98. The van der Waals surface area contributed by atoms with Crippen molar-refractivity contribution in [2.24, 2.45) is 0 Å². The summed E-state index contributed by atoms with van der Waals surface area (Å²) in [5.74, 6) is 2.46. The molecule has 5 nitrogen and oxygen atoms in total. The predicted molar refractivity (Wildman–Crippen MR) is 91.2 cm³/mol. The lowest BCUT2D eigenvalue weighted by molar-refractivity contribution is 0.392. The van der Waals surface area contributed by atoms with E-state index in [-0.39, 0.29) is 0 Å². The molecule has 3 rings (SSSR count). The van der Waals surface area contributed by atoms with Crippen LogP contribution in [0, 0.1) is 13.8 Å². The van der Waals surface area contributed by atoms with Crippen LogP contribution in [0.3, 0.4) is 0 Å². The molecule has 0 saturated heterocycles. The summed E-state index contributed by atoms with van der Waals surface area (Å²) in [4.78, 5) is 0. The lowest BCUT2D eigenvalue weighted by atomic mass is 10.2. The van der Waals surface area contributed by atoms with Gasteiger partial charge < -0.3 is 4.52 Å². The molecule has 0 fully saturated rings. The molecule has 0 aliphatic heterocycles. The Morgan fingerprint density at radius 1 is 1.22 bits per heavy atom. The van der Waals surface area contributed by atoms with Crippen molar-refractivity contribution in [3.05, 3.63) is 60.0 Å². The largest absolute Gasteiger partial charge is 0.361 e. The zero-order valence-electron chi connectivity index (χ0n) is 13.2. The monoisotopic (exact) mass is 326 g/mol. The topological polar surface area (TPSA) is 56.7 Å². The maximum atomic E-state index is 5.21. The molecule has 3 aromatic rings. The molecule has 1 aromatic carbocycles. The van der Waals surface area contributed by atoms with Crippen LogP contribution < -0.4 is 0 Å². The van der Waals surface area contributed by atoms with E-state index in [2.05, 4.69) is 26.5 Å². The molecular weight excluding hydrogens is 308 g/mol. The van der Waals surface area contributed by atoms with E-state index in [0.717, 1.165) is 39.3 Å². The second kappa shape index (κ2) is 6.83. The van der Waals surface area contributed by atoms with Crippen LogP contribution in [0.4, 0.5) is 0 Å². The Morgan fingerprint density at radius 3 is 2.65 bits per heavy atom. The molecule has 0 atom stereocenters. The fourth-order valence-corrected chi connectivity index (χ4v) is 3.44. The predicted octanol–water partition coefficient (Wildman–Crippen LogP) is 4.03. The van der Waals surface area contributed by atoms with Gasteiger partial charge in [0.25, 0.3) is 0 Å². The van der Waals surface area contributed by atoms with Crippen molar-refractivity contribution in [1.82, 2.24) is 19.9 Å². The zero-order valence-corrected chi connectivity index (χ0v) is 14.0. The Kier molecular flexibility index (Phi) is 4.62. The van der Waals surface area contributed by atoms with Gasteiger partial charge in [-0.05, 0) is 13.8 Å². The Labute approximate surface area is 139 Å². The number of benzene rings is 1. The van der Waals surface area contributed by atoms with Gasteiger partial charge in [-0.25, -0.2) is 0 Å². The molecule has 2 heterocycles. The van der Waals surface area contributed by atoms with E-state index in [1.807, 2.05) is 50.3 Å². The minimum Gasteiger partial charge on any atom is -0.361 e. The van der Waals surface area contributed by atoms with Gasteiger partial charge in [-0.1, -0.05) is 53.3 Å². The fourth-order valence-electron chi connectivity index (χ4n) is 2.33. The third-order valence-electron chi connectivity index (χ3n) is 3.59. The van der Waals surface area contributed by atoms with Crippen molar-refractivity contribution in [3.63, 3.8) is 0 Å². The fraction of sp³-hybridized carbons (Fsp3) is 0.235. The van der Waals surface area contributed by atoms with Crippen LogP contribution >= 0.6 is 11.8 Å². The molecule has 0 saturated carbocycles. The Balaban J connectivity index is 1.88. The molecule has 0 spiro atoms. The van der Waals surface area contributed by atoms with Crippen LogP contribution in [0.5, 0.6) is 0 Å². The number of nitrogens with zero attached hydrogens (tertiary/aromatic N) is 4. The first kappa shape index (κ1) is 15.6. The summed E-state index contributed by atoms with van der Waals surface area (Å²) in [6, 6.07) is 10.1. The second-order valence-electron chi connectivity index (χ2n) is 5.16. The standard InChI is InChI=1S/C17H18N4OS/c1-4-10-21-16(14-8-6-5-7-9-14)18-19-17(21)23-11-15-12(2)20-22-13(15)3/h4-9H,1,10-11H2,2-3H3. The molecule has 0 N–H and O–H groups in total. The van der Waals surface area contributed by atoms with Crippen LogP contribution in [0.2, 0.25) is 0 Å². The second-order valence-corrected chi connectivity index (χ2v) is 6.11. The van der Waals surface area contributed by atoms with E-state index >= 15 is 0 Å². The average Bonchev–Trinajstić information content (AvgIpc) is 3.11. The first-order chi connectivity index (χ1) is 11.2. The zero-order chi connectivity index (χ0) is 16.2. The molecule has 0 unspecified atom stereocenters. The third-order valence-corrected chi connectivity index (χ3v) is 4.58. The number of rotatable bonds is 6. The van der Waals surface area contributed by atoms with Crippen molar-refractivity contribution in [3.8, 4) is 11.4 Å². The molecule has 0 aliphatic rings. The van der Waals surface area contributed by atoms with Crippen molar-refractivity contribution in [1.29, 1.82) is 0 Å². The summed E-state index contributed by atoms with van der Waals surface area (Å²) in [5, 5.41) is 13.6. The average molecular weight is 326 g/mol. The SMILES string of the molecule is C=CCn1c(SCc2c(C)noc2C)nnc1-c1ccccc1. The molecule has 0 aliphatic carbocycles. The van der Waals surface area contributed by atoms with Gasteiger partial charge >= 0.3 is 0 Å². The molecule has 23 heavy (non-hydrogen) atoms. The van der Waals surface area contributed by atoms with E-state index in [1.165, 1.54) is 0 Å². The summed E-state index contributed by atoms with van der Waals surface area (Å²) >= 11 is 1.63. The molecular formula is C17H18N4OS. The minimum absolute atomic E-state index is 0.668. The summed E-state index contributed by atoms with van der Waals surface area (Å²) in [6.45, 7) is 8.39. The normalized spacial score (nSPS) is 10.9. The van der Waals surface area contributed by atoms with Gasteiger partial charge in [0.05, 0.1) is 5.69 Å². The lowest BCUT2D eigenvalue weighted by Crippen LogP contribution is -2.00. The first-order valence-electron chi connectivity index (χ1n) is 7.34. The summed E-state index contributed by atoms with van der Waals surface area (Å²) in [7, 11) is 0. The van der Waals surface area contributed by atoms with Gasteiger partial charge in [0.1, 0.15) is 5.76 Å². The molecule has 0 bridgehead atoms. The maximum Gasteiger partial charge on any atom is 0.192 e. The first-order valence-corrected chi connectivity index (χ1v) is 8.33. The van der Waals surface area contributed by atoms with Crippen LogP contribution in [-0.2, 0) is 12.3 Å². The highest BCUT2D eigenvalue weighted by atomic mass is 32.2. The summed E-state index contributed by atoms with van der Waals surface area (Å²) in [5.41, 5.74) is 3.09. The van der Waals surface area contributed by atoms with E-state index < -0.39 is 0 Å². The molecule has 2 aromatic heterocycles. The Hall–Kier alpha value is -2.34. The van der Waals surface area contributed by atoms with Gasteiger partial charge in [0, 0.05) is 23.4 Å². The number of hydrogen-bond donors (Lipinski definition) is 0. The number of aryl methyl sites for hydroxylation is 2. The van der Waals surface area contributed by atoms with E-state index in [9.17, 15) is 0 Å². The van der Waals surface area contributed by atoms with Crippen molar-refractivity contribution < 1.29 is 4.52 Å². The highest BCUT2D eigenvalue weighted by Gasteiger charge is 2.15. The smallest absolute Gasteiger partial charge is 0.192 e. The van der Waals surface area contributed by atoms with Gasteiger partial charge in [-0.15, -0.1) is 16.8 Å². The van der Waals surface area contributed by atoms with Crippen LogP contribution in [0.1, 0.15) is 17.0 Å². The van der Waals surface area contributed by atoms with Crippen molar-refractivity contribution >= 4 is 11.8 Å². The number of allylic oxidation sites excluding steroid dienone is 1. The Bertz CT molecular complexity index is 788. The van der Waals surface area contributed by atoms with E-state index in [1.54, 1.807) is 11.8 Å². The molecule has 6 heteroatoms. The molecule has 118 valence electrons. The van der Waals surface area contributed by atoms with Crippen molar-refractivity contribution in [2.75, 3.05) is 0 Å². The van der Waals surface area contributed by atoms with E-state index in [4.69, 9.17) is 4.52 Å². The van der Waals surface area contributed by atoms with E-state index in [0.29, 0.717) is 6.54 Å². The maximum absolute atomic E-state index is 5.21. The molecule has 0 radical (unpaired) electrons. The van der Waals surface area contributed by atoms with Gasteiger partial charge in [-0.2, -0.15) is 0 Å². The van der Waals surface area contributed by atoms with Crippen LogP contribution in [0.15, 0.2) is 52.7 Å². The number of thioether (sulfide) groups is 1. The minimum atomic E-state index is 0.668. The van der Waals surface area contributed by atoms with Crippen molar-refractivity contribution in [2.45, 2.75) is 31.3 Å². The van der Waals surface area contributed by atoms with Gasteiger partial charge in [-0.3, -0.25) is 4.57 Å².